The van der Waals surface area contributed by atoms with Crippen molar-refractivity contribution in [1.29, 1.82) is 0 Å². The second-order valence-electron chi connectivity index (χ2n) is 7.53. The fourth-order valence-electron chi connectivity index (χ4n) is 3.40. The van der Waals surface area contributed by atoms with Gasteiger partial charge in [0.1, 0.15) is 4.88 Å². The molecule has 1 aliphatic rings. The summed E-state index contributed by atoms with van der Waals surface area (Å²) in [4.78, 5) is 22.9. The number of rotatable bonds is 5. The first kappa shape index (κ1) is 19.1. The molecule has 2 aromatic rings. The molecular formula is C21H29N3OS. The van der Waals surface area contributed by atoms with Gasteiger partial charge in [-0.3, -0.25) is 9.69 Å². The lowest BCUT2D eigenvalue weighted by atomic mass is 10.1. The lowest BCUT2D eigenvalue weighted by Crippen LogP contribution is -2.35. The van der Waals surface area contributed by atoms with E-state index < -0.39 is 0 Å². The Morgan fingerprint density at radius 3 is 2.65 bits per heavy atom. The van der Waals surface area contributed by atoms with Gasteiger partial charge in [-0.15, -0.1) is 11.3 Å². The number of aromatic nitrogens is 1. The zero-order valence-corrected chi connectivity index (χ0v) is 16.9. The van der Waals surface area contributed by atoms with Crippen LogP contribution in [-0.4, -0.2) is 46.9 Å². The fourth-order valence-corrected chi connectivity index (χ4v) is 4.65. The highest BCUT2D eigenvalue weighted by Crippen LogP contribution is 2.23. The van der Waals surface area contributed by atoms with Crippen molar-refractivity contribution >= 4 is 17.2 Å². The Bertz CT molecular complexity index is 726. The summed E-state index contributed by atoms with van der Waals surface area (Å²) in [7, 11) is 0. The van der Waals surface area contributed by atoms with Crippen molar-refractivity contribution in [3.8, 4) is 0 Å². The summed E-state index contributed by atoms with van der Waals surface area (Å²) in [5, 5.41) is 1.08. The van der Waals surface area contributed by atoms with E-state index in [4.69, 9.17) is 0 Å². The molecule has 1 aromatic carbocycles. The van der Waals surface area contributed by atoms with Gasteiger partial charge in [-0.2, -0.15) is 0 Å². The molecule has 0 unspecified atom stereocenters. The van der Waals surface area contributed by atoms with Crippen LogP contribution in [0.3, 0.4) is 0 Å². The summed E-state index contributed by atoms with van der Waals surface area (Å²) in [5.41, 5.74) is 2.23. The minimum absolute atomic E-state index is 0.163. The molecule has 0 saturated carbocycles. The van der Waals surface area contributed by atoms with Gasteiger partial charge in [0, 0.05) is 39.1 Å². The maximum absolute atomic E-state index is 13.0. The Balaban J connectivity index is 1.61. The van der Waals surface area contributed by atoms with Crippen LogP contribution in [0.15, 0.2) is 30.3 Å². The third-order valence-electron chi connectivity index (χ3n) is 4.74. The van der Waals surface area contributed by atoms with Gasteiger partial charge in [0.05, 0.1) is 10.7 Å². The summed E-state index contributed by atoms with van der Waals surface area (Å²) in [6, 6.07) is 10.6. The molecule has 1 aromatic heterocycles. The highest BCUT2D eigenvalue weighted by molar-refractivity contribution is 7.13. The molecule has 0 atom stereocenters. The van der Waals surface area contributed by atoms with Gasteiger partial charge in [-0.1, -0.05) is 44.2 Å². The summed E-state index contributed by atoms with van der Waals surface area (Å²) in [6.07, 6.45) is 1.97. The highest BCUT2D eigenvalue weighted by Gasteiger charge is 2.24. The highest BCUT2D eigenvalue weighted by atomic mass is 32.1. The summed E-state index contributed by atoms with van der Waals surface area (Å²) in [5.74, 6) is 0.727. The zero-order valence-electron chi connectivity index (χ0n) is 16.1. The quantitative estimate of drug-likeness (QED) is 0.797. The summed E-state index contributed by atoms with van der Waals surface area (Å²) >= 11 is 1.58. The van der Waals surface area contributed by atoms with Gasteiger partial charge in [0.25, 0.3) is 5.91 Å². The van der Waals surface area contributed by atoms with E-state index >= 15 is 0 Å². The molecule has 1 saturated heterocycles. The molecule has 0 N–H and O–H groups in total. The van der Waals surface area contributed by atoms with Gasteiger partial charge in [-0.25, -0.2) is 4.98 Å². The first-order valence-corrected chi connectivity index (χ1v) is 10.4. The number of carbonyl (C=O) groups excluding carboxylic acids is 1. The van der Waals surface area contributed by atoms with Crippen molar-refractivity contribution < 1.29 is 4.79 Å². The van der Waals surface area contributed by atoms with Crippen molar-refractivity contribution in [1.82, 2.24) is 14.8 Å². The average molecular weight is 372 g/mol. The summed E-state index contributed by atoms with van der Waals surface area (Å²) < 4.78 is 0. The van der Waals surface area contributed by atoms with E-state index in [2.05, 4.69) is 54.1 Å². The largest absolute Gasteiger partial charge is 0.337 e. The monoisotopic (exact) mass is 371 g/mol. The maximum Gasteiger partial charge on any atom is 0.265 e. The molecule has 1 aliphatic heterocycles. The van der Waals surface area contributed by atoms with Gasteiger partial charge in [0.15, 0.2) is 0 Å². The van der Waals surface area contributed by atoms with Gasteiger partial charge in [-0.05, 0) is 24.8 Å². The van der Waals surface area contributed by atoms with Crippen molar-refractivity contribution in [2.24, 2.45) is 5.92 Å². The van der Waals surface area contributed by atoms with Crippen LogP contribution in [0.4, 0.5) is 0 Å². The normalized spacial score (nSPS) is 16.1. The van der Waals surface area contributed by atoms with Crippen LogP contribution >= 0.6 is 11.3 Å². The predicted molar refractivity (Wildman–Crippen MR) is 108 cm³/mol. The molecule has 3 rings (SSSR count). The minimum atomic E-state index is 0.163. The third kappa shape index (κ3) is 4.92. The van der Waals surface area contributed by atoms with E-state index in [1.807, 2.05) is 11.8 Å². The van der Waals surface area contributed by atoms with E-state index in [9.17, 15) is 4.79 Å². The summed E-state index contributed by atoms with van der Waals surface area (Å²) in [6.45, 7) is 10.9. The third-order valence-corrected chi connectivity index (χ3v) is 5.91. The van der Waals surface area contributed by atoms with Crippen LogP contribution in [0.2, 0.25) is 0 Å². The number of carbonyl (C=O) groups is 1. The standard InChI is InChI=1S/C21H29N3OS/c1-16(2)14-19-22-17(3)20(26-19)21(25)24-11-7-10-23(12-13-24)15-18-8-5-4-6-9-18/h4-6,8-9,16H,7,10-15H2,1-3H3. The second-order valence-corrected chi connectivity index (χ2v) is 8.61. The van der Waals surface area contributed by atoms with Gasteiger partial charge >= 0.3 is 0 Å². The molecule has 4 nitrogen and oxygen atoms in total. The number of hydrogen-bond acceptors (Lipinski definition) is 4. The number of amides is 1. The van der Waals surface area contributed by atoms with E-state index in [1.165, 1.54) is 5.56 Å². The topological polar surface area (TPSA) is 36.4 Å². The Morgan fingerprint density at radius 1 is 1.15 bits per heavy atom. The molecular weight excluding hydrogens is 342 g/mol. The van der Waals surface area contributed by atoms with Crippen LogP contribution in [0.5, 0.6) is 0 Å². The number of thiazole rings is 1. The van der Waals surface area contributed by atoms with E-state index in [1.54, 1.807) is 11.3 Å². The number of benzene rings is 1. The van der Waals surface area contributed by atoms with Crippen LogP contribution in [0, 0.1) is 12.8 Å². The Labute approximate surface area is 160 Å². The van der Waals surface area contributed by atoms with E-state index in [-0.39, 0.29) is 5.91 Å². The fraction of sp³-hybridized carbons (Fsp3) is 0.524. The molecule has 2 heterocycles. The van der Waals surface area contributed by atoms with Crippen LogP contribution in [0.1, 0.15) is 46.2 Å². The van der Waals surface area contributed by atoms with Gasteiger partial charge in [0.2, 0.25) is 0 Å². The number of hydrogen-bond donors (Lipinski definition) is 0. The molecule has 0 spiro atoms. The average Bonchev–Trinajstić information content (AvgIpc) is 2.81. The molecule has 0 bridgehead atoms. The first-order chi connectivity index (χ1) is 12.5. The predicted octanol–water partition coefficient (Wildman–Crippen LogP) is 4.00. The maximum atomic E-state index is 13.0. The van der Waals surface area contributed by atoms with Crippen molar-refractivity contribution in [3.05, 3.63) is 51.5 Å². The van der Waals surface area contributed by atoms with Gasteiger partial charge < -0.3 is 4.90 Å². The van der Waals surface area contributed by atoms with Crippen LogP contribution < -0.4 is 0 Å². The SMILES string of the molecule is Cc1nc(CC(C)C)sc1C(=O)N1CCCN(Cc2ccccc2)CC1. The van der Waals surface area contributed by atoms with Crippen molar-refractivity contribution in [3.63, 3.8) is 0 Å². The first-order valence-electron chi connectivity index (χ1n) is 9.55. The van der Waals surface area contributed by atoms with E-state index in [0.717, 1.165) is 61.1 Å². The smallest absolute Gasteiger partial charge is 0.265 e. The molecule has 140 valence electrons. The Hall–Kier alpha value is -1.72. The van der Waals surface area contributed by atoms with Crippen molar-refractivity contribution in [2.45, 2.75) is 40.2 Å². The van der Waals surface area contributed by atoms with Crippen LogP contribution in [0.25, 0.3) is 0 Å². The second kappa shape index (κ2) is 8.78. The molecule has 5 heteroatoms. The molecule has 0 aliphatic carbocycles. The Morgan fingerprint density at radius 2 is 1.92 bits per heavy atom. The lowest BCUT2D eigenvalue weighted by molar-refractivity contribution is 0.0765. The van der Waals surface area contributed by atoms with Crippen LogP contribution in [-0.2, 0) is 13.0 Å². The Kier molecular flexibility index (Phi) is 6.43. The molecule has 26 heavy (non-hydrogen) atoms. The number of nitrogens with zero attached hydrogens (tertiary/aromatic N) is 3. The van der Waals surface area contributed by atoms with Crippen molar-refractivity contribution in [2.75, 3.05) is 26.2 Å². The minimum Gasteiger partial charge on any atom is -0.337 e. The molecule has 1 fully saturated rings. The lowest BCUT2D eigenvalue weighted by Gasteiger charge is -2.21. The molecule has 0 radical (unpaired) electrons. The molecule has 1 amide bonds. The van der Waals surface area contributed by atoms with E-state index in [0.29, 0.717) is 5.92 Å². The number of aryl methyl sites for hydroxylation is 1. The zero-order chi connectivity index (χ0) is 18.5.